The highest BCUT2D eigenvalue weighted by atomic mass is 35.5. The van der Waals surface area contributed by atoms with E-state index in [4.69, 9.17) is 11.6 Å². The summed E-state index contributed by atoms with van der Waals surface area (Å²) in [6.45, 7) is 2.12. The number of amides is 1. The van der Waals surface area contributed by atoms with Gasteiger partial charge in [0.25, 0.3) is 5.91 Å². The third kappa shape index (κ3) is 5.98. The lowest BCUT2D eigenvalue weighted by molar-refractivity contribution is 0.102. The zero-order valence-electron chi connectivity index (χ0n) is 15.8. The second-order valence-electron chi connectivity index (χ2n) is 6.78. The molecule has 1 heterocycles. The largest absolute Gasteiger partial charge is 0.371 e. The molecule has 3 rings (SSSR count). The highest BCUT2D eigenvalue weighted by Gasteiger charge is 2.21. The normalized spacial score (nSPS) is 14.6. The van der Waals surface area contributed by atoms with Gasteiger partial charge in [0.2, 0.25) is 0 Å². The molecule has 1 aliphatic rings. The average molecular weight is 449 g/mol. The lowest BCUT2D eigenvalue weighted by Crippen LogP contribution is -2.42. The fourth-order valence-corrected chi connectivity index (χ4v) is 3.52. The van der Waals surface area contributed by atoms with Gasteiger partial charge in [-0.15, -0.1) is 24.8 Å². The monoisotopic (exact) mass is 447 g/mol. The Morgan fingerprint density at radius 1 is 1.18 bits per heavy atom. The van der Waals surface area contributed by atoms with Gasteiger partial charge in [-0.2, -0.15) is 0 Å². The minimum atomic E-state index is -0.546. The molecule has 2 aromatic carbocycles. The van der Waals surface area contributed by atoms with Crippen molar-refractivity contribution in [3.63, 3.8) is 0 Å². The molecule has 4 nitrogen and oxygen atoms in total. The molecule has 0 saturated carbocycles. The predicted octanol–water partition coefficient (Wildman–Crippen LogP) is 5.11. The van der Waals surface area contributed by atoms with Gasteiger partial charge in [-0.05, 0) is 63.3 Å². The Hall–Kier alpha value is -1.53. The van der Waals surface area contributed by atoms with Crippen molar-refractivity contribution in [3.8, 4) is 0 Å². The Balaban J connectivity index is 0.00000196. The first-order valence-electron chi connectivity index (χ1n) is 8.72. The third-order valence-corrected chi connectivity index (χ3v) is 5.12. The highest BCUT2D eigenvalue weighted by Crippen LogP contribution is 2.28. The number of benzene rings is 2. The molecule has 0 radical (unpaired) electrons. The molecule has 0 atom stereocenters. The first-order valence-corrected chi connectivity index (χ1v) is 9.09. The molecule has 1 aliphatic heterocycles. The van der Waals surface area contributed by atoms with Crippen LogP contribution in [0.15, 0.2) is 42.5 Å². The van der Waals surface area contributed by atoms with Crippen LogP contribution < -0.4 is 10.2 Å². The number of hydrogen-bond acceptors (Lipinski definition) is 3. The molecule has 154 valence electrons. The maximum Gasteiger partial charge on any atom is 0.258 e. The molecule has 1 saturated heterocycles. The average Bonchev–Trinajstić information content (AvgIpc) is 2.61. The molecular weight excluding hydrogens is 424 g/mol. The van der Waals surface area contributed by atoms with E-state index in [1.54, 1.807) is 18.2 Å². The van der Waals surface area contributed by atoms with Gasteiger partial charge in [0.05, 0.1) is 5.56 Å². The van der Waals surface area contributed by atoms with Gasteiger partial charge in [0, 0.05) is 29.5 Å². The molecule has 0 unspecified atom stereocenters. The number of hydrogen-bond donors (Lipinski definition) is 1. The van der Waals surface area contributed by atoms with Gasteiger partial charge >= 0.3 is 0 Å². The number of rotatable bonds is 4. The van der Waals surface area contributed by atoms with Crippen molar-refractivity contribution in [3.05, 3.63) is 58.9 Å². The minimum Gasteiger partial charge on any atom is -0.371 e. The topological polar surface area (TPSA) is 35.6 Å². The van der Waals surface area contributed by atoms with Crippen LogP contribution in [-0.2, 0) is 0 Å². The highest BCUT2D eigenvalue weighted by molar-refractivity contribution is 6.31. The summed E-state index contributed by atoms with van der Waals surface area (Å²) in [7, 11) is 4.18. The van der Waals surface area contributed by atoms with E-state index in [2.05, 4.69) is 22.2 Å². The lowest BCUT2D eigenvalue weighted by atomic mass is 10.0. The van der Waals surface area contributed by atoms with Gasteiger partial charge in [-0.3, -0.25) is 4.79 Å². The van der Waals surface area contributed by atoms with Crippen molar-refractivity contribution in [1.82, 2.24) is 4.90 Å². The van der Waals surface area contributed by atoms with E-state index < -0.39 is 11.7 Å². The van der Waals surface area contributed by atoms with Crippen LogP contribution in [0.1, 0.15) is 23.2 Å². The van der Waals surface area contributed by atoms with Crippen LogP contribution in [0.4, 0.5) is 15.8 Å². The SMILES string of the molecule is CN1CCC(N(C)c2cc(Cl)cc(NC(=O)c3ccccc3F)c2)CC1.Cl.Cl. The maximum absolute atomic E-state index is 13.8. The number of nitrogens with zero attached hydrogens (tertiary/aromatic N) is 2. The molecule has 1 fully saturated rings. The molecule has 0 aromatic heterocycles. The minimum absolute atomic E-state index is 0. The van der Waals surface area contributed by atoms with Gasteiger partial charge in [-0.25, -0.2) is 4.39 Å². The Morgan fingerprint density at radius 3 is 2.46 bits per heavy atom. The fraction of sp³-hybridized carbons (Fsp3) is 0.350. The van der Waals surface area contributed by atoms with E-state index in [0.717, 1.165) is 31.6 Å². The number of carbonyl (C=O) groups is 1. The van der Waals surface area contributed by atoms with Gasteiger partial charge in [0.15, 0.2) is 0 Å². The van der Waals surface area contributed by atoms with Crippen molar-refractivity contribution in [2.75, 3.05) is 37.4 Å². The molecule has 1 N–H and O–H groups in total. The van der Waals surface area contributed by atoms with E-state index in [0.29, 0.717) is 16.8 Å². The summed E-state index contributed by atoms with van der Waals surface area (Å²) in [5.74, 6) is -1.03. The predicted molar refractivity (Wildman–Crippen MR) is 119 cm³/mol. The van der Waals surface area contributed by atoms with E-state index >= 15 is 0 Å². The second-order valence-corrected chi connectivity index (χ2v) is 7.21. The smallest absolute Gasteiger partial charge is 0.258 e. The van der Waals surface area contributed by atoms with E-state index in [9.17, 15) is 9.18 Å². The van der Waals surface area contributed by atoms with Crippen molar-refractivity contribution in [2.24, 2.45) is 0 Å². The number of halogens is 4. The molecule has 8 heteroatoms. The third-order valence-electron chi connectivity index (χ3n) is 4.90. The molecule has 28 heavy (non-hydrogen) atoms. The fourth-order valence-electron chi connectivity index (χ4n) is 3.29. The van der Waals surface area contributed by atoms with Crippen molar-refractivity contribution < 1.29 is 9.18 Å². The number of nitrogens with one attached hydrogen (secondary N) is 1. The molecule has 0 spiro atoms. The molecular formula is C20H25Cl3FN3O. The Bertz CT molecular complexity index is 798. The summed E-state index contributed by atoms with van der Waals surface area (Å²) in [6.07, 6.45) is 2.16. The van der Waals surface area contributed by atoms with E-state index in [1.807, 2.05) is 19.2 Å². The van der Waals surface area contributed by atoms with Crippen molar-refractivity contribution in [1.29, 1.82) is 0 Å². The summed E-state index contributed by atoms with van der Waals surface area (Å²) in [5.41, 5.74) is 1.51. The van der Waals surface area contributed by atoms with Crippen LogP contribution in [0, 0.1) is 5.82 Å². The zero-order valence-corrected chi connectivity index (χ0v) is 18.2. The number of carbonyl (C=O) groups excluding carboxylic acids is 1. The first-order chi connectivity index (χ1) is 12.4. The molecule has 1 amide bonds. The van der Waals surface area contributed by atoms with Crippen molar-refractivity contribution in [2.45, 2.75) is 18.9 Å². The summed E-state index contributed by atoms with van der Waals surface area (Å²) in [4.78, 5) is 16.9. The Morgan fingerprint density at radius 2 is 1.82 bits per heavy atom. The van der Waals surface area contributed by atoms with Crippen LogP contribution >= 0.6 is 36.4 Å². The van der Waals surface area contributed by atoms with Gasteiger partial charge in [0.1, 0.15) is 5.82 Å². The number of anilines is 2. The number of likely N-dealkylation sites (tertiary alicyclic amines) is 1. The van der Waals surface area contributed by atoms with E-state index in [-0.39, 0.29) is 30.4 Å². The van der Waals surface area contributed by atoms with Gasteiger partial charge in [-0.1, -0.05) is 23.7 Å². The summed E-state index contributed by atoms with van der Waals surface area (Å²) >= 11 is 6.26. The standard InChI is InChI=1S/C20H23ClFN3O.2ClH/c1-24-9-7-16(8-10-24)25(2)17-12-14(21)11-15(13-17)23-20(26)18-5-3-4-6-19(18)22;;/h3-6,11-13,16H,7-10H2,1-2H3,(H,23,26);2*1H. The Labute approximate surface area is 182 Å². The lowest BCUT2D eigenvalue weighted by Gasteiger charge is -2.36. The summed E-state index contributed by atoms with van der Waals surface area (Å²) < 4.78 is 13.8. The molecule has 0 bridgehead atoms. The van der Waals surface area contributed by atoms with Crippen LogP contribution in [-0.4, -0.2) is 44.0 Å². The first kappa shape index (κ1) is 24.5. The van der Waals surface area contributed by atoms with Crippen LogP contribution in [0.3, 0.4) is 0 Å². The summed E-state index contributed by atoms with van der Waals surface area (Å²) in [5, 5.41) is 3.28. The number of piperidine rings is 1. The Kier molecular flexibility index (Phi) is 9.51. The van der Waals surface area contributed by atoms with Gasteiger partial charge < -0.3 is 15.1 Å². The molecule has 2 aromatic rings. The summed E-state index contributed by atoms with van der Waals surface area (Å²) in [6, 6.07) is 11.8. The van der Waals surface area contributed by atoms with Crippen LogP contribution in [0.25, 0.3) is 0 Å². The molecule has 0 aliphatic carbocycles. The van der Waals surface area contributed by atoms with Crippen LogP contribution in [0.5, 0.6) is 0 Å². The van der Waals surface area contributed by atoms with Crippen molar-refractivity contribution >= 4 is 53.7 Å². The van der Waals surface area contributed by atoms with Crippen LogP contribution in [0.2, 0.25) is 5.02 Å². The maximum atomic E-state index is 13.8. The second kappa shape index (κ2) is 10.9. The quantitative estimate of drug-likeness (QED) is 0.706. The zero-order chi connectivity index (χ0) is 18.7. The van der Waals surface area contributed by atoms with E-state index in [1.165, 1.54) is 12.1 Å².